The molecule has 4 aromatic rings. The van der Waals surface area contributed by atoms with E-state index in [1.165, 1.54) is 0 Å². The molecule has 164 valence electrons. The van der Waals surface area contributed by atoms with Crippen LogP contribution < -0.4 is 14.7 Å². The average Bonchev–Trinajstić information content (AvgIpc) is 2.78. The molecule has 0 aliphatic carbocycles. The quantitative estimate of drug-likeness (QED) is 0.331. The van der Waals surface area contributed by atoms with Gasteiger partial charge in [-0.25, -0.2) is 19.2 Å². The minimum Gasteiger partial charge on any atom is -0.378 e. The Morgan fingerprint density at radius 2 is 1.53 bits per heavy atom. The van der Waals surface area contributed by atoms with Gasteiger partial charge < -0.3 is 4.90 Å². The predicted molar refractivity (Wildman–Crippen MR) is 133 cm³/mol. The van der Waals surface area contributed by atoms with Crippen molar-refractivity contribution in [2.75, 3.05) is 28.8 Å². The first-order valence-electron chi connectivity index (χ1n) is 9.99. The molecule has 2 N–H and O–H groups in total. The van der Waals surface area contributed by atoms with Crippen molar-refractivity contribution in [1.82, 2.24) is 9.97 Å². The van der Waals surface area contributed by atoms with Crippen LogP contribution in [0.1, 0.15) is 5.56 Å². The molecular weight excluding hydrogens is 422 g/mol. The van der Waals surface area contributed by atoms with Crippen LogP contribution in [0.5, 0.6) is 0 Å². The molecule has 0 aliphatic heterocycles. The Hall–Kier alpha value is -3.62. The van der Waals surface area contributed by atoms with Crippen molar-refractivity contribution < 1.29 is 9.42 Å². The number of benzene rings is 3. The van der Waals surface area contributed by atoms with E-state index in [-0.39, 0.29) is 11.6 Å². The molecule has 4 rings (SSSR count). The lowest BCUT2D eigenvalue weighted by molar-refractivity contribution is 0.298. The maximum absolute atomic E-state index is 13.5. The Morgan fingerprint density at radius 1 is 0.906 bits per heavy atom. The highest BCUT2D eigenvalue weighted by atomic mass is 32.2. The topological polar surface area (TPSA) is 81.6 Å². The second-order valence-corrected chi connectivity index (χ2v) is 9.73. The summed E-state index contributed by atoms with van der Waals surface area (Å²) in [6, 6.07) is 21.9. The lowest BCUT2D eigenvalue weighted by Crippen LogP contribution is -2.20. The largest absolute Gasteiger partial charge is 0.378 e. The van der Waals surface area contributed by atoms with Crippen LogP contribution >= 0.6 is 0 Å². The number of aryl methyl sites for hydroxylation is 1. The molecule has 1 unspecified atom stereocenters. The van der Waals surface area contributed by atoms with E-state index in [0.29, 0.717) is 21.6 Å². The summed E-state index contributed by atoms with van der Waals surface area (Å²) in [5.41, 5.74) is 3.66. The zero-order valence-electron chi connectivity index (χ0n) is 18.2. The third-order valence-electron chi connectivity index (χ3n) is 5.01. The molecule has 32 heavy (non-hydrogen) atoms. The number of anilines is 4. The van der Waals surface area contributed by atoms with E-state index < -0.39 is 9.71 Å². The van der Waals surface area contributed by atoms with Gasteiger partial charge in [-0.2, -0.15) is 0 Å². The van der Waals surface area contributed by atoms with Crippen LogP contribution in [0.2, 0.25) is 0 Å². The highest BCUT2D eigenvalue weighted by Crippen LogP contribution is 2.32. The summed E-state index contributed by atoms with van der Waals surface area (Å²) >= 11 is 0. The molecule has 7 nitrogen and oxygen atoms in total. The molecule has 0 radical (unpaired) electrons. The molecule has 1 atom stereocenters. The molecule has 0 amide bonds. The summed E-state index contributed by atoms with van der Waals surface area (Å²) < 4.78 is 16.4. The molecule has 1 heterocycles. The zero-order valence-corrected chi connectivity index (χ0v) is 19.0. The van der Waals surface area contributed by atoms with E-state index in [9.17, 15) is 9.42 Å². The summed E-state index contributed by atoms with van der Waals surface area (Å²) in [7, 11) is 0.882. The smallest absolute Gasteiger partial charge is 0.202 e. The second-order valence-electron chi connectivity index (χ2n) is 7.70. The molecule has 3 aromatic carbocycles. The molecular formula is C24H25N5O2S. The first kappa shape index (κ1) is 21.6. The van der Waals surface area contributed by atoms with Crippen molar-refractivity contribution in [3.8, 4) is 0 Å². The second kappa shape index (κ2) is 8.49. The van der Waals surface area contributed by atoms with Gasteiger partial charge >= 0.3 is 0 Å². The van der Waals surface area contributed by atoms with Crippen molar-refractivity contribution in [1.29, 1.82) is 0 Å². The van der Waals surface area contributed by atoms with E-state index in [1.54, 1.807) is 24.3 Å². The van der Waals surface area contributed by atoms with Crippen LogP contribution in [0.25, 0.3) is 11.0 Å². The average molecular weight is 448 g/mol. The Bertz CT molecular complexity index is 1370. The zero-order chi connectivity index (χ0) is 22.9. The number of nitrogens with zero attached hydrogens (tertiary/aromatic N) is 4. The van der Waals surface area contributed by atoms with Crippen LogP contribution in [-0.4, -0.2) is 39.3 Å². The van der Waals surface area contributed by atoms with E-state index in [2.05, 4.69) is 20.6 Å². The minimum absolute atomic E-state index is 0.128. The summed E-state index contributed by atoms with van der Waals surface area (Å²) in [5, 5.41) is 12.0. The monoisotopic (exact) mass is 447 g/mol. The van der Waals surface area contributed by atoms with E-state index in [1.807, 2.05) is 74.4 Å². The molecule has 0 spiro atoms. The third kappa shape index (κ3) is 4.37. The van der Waals surface area contributed by atoms with E-state index in [0.717, 1.165) is 16.3 Å². The molecule has 8 heteroatoms. The highest BCUT2D eigenvalue weighted by Gasteiger charge is 2.20. The van der Waals surface area contributed by atoms with Gasteiger partial charge in [0.25, 0.3) is 0 Å². The molecule has 0 saturated carbocycles. The summed E-state index contributed by atoms with van der Waals surface area (Å²) in [6.45, 7) is 1.96. The number of fused-ring (bicyclic) bond motifs is 1. The first-order chi connectivity index (χ1) is 15.2. The van der Waals surface area contributed by atoms with Gasteiger partial charge in [0.05, 0.1) is 26.4 Å². The lowest BCUT2D eigenvalue weighted by atomic mass is 10.2. The number of aromatic nitrogens is 2. The van der Waals surface area contributed by atoms with Gasteiger partial charge in [-0.1, -0.05) is 35.9 Å². The summed E-state index contributed by atoms with van der Waals surface area (Å²) in [4.78, 5) is 11.7. The van der Waals surface area contributed by atoms with Crippen LogP contribution in [0.3, 0.4) is 0 Å². The predicted octanol–water partition coefficient (Wildman–Crippen LogP) is 4.63. The van der Waals surface area contributed by atoms with Crippen LogP contribution in [0.15, 0.2) is 77.7 Å². The van der Waals surface area contributed by atoms with E-state index in [4.69, 9.17) is 0 Å². The number of hydrogen-bond acceptors (Lipinski definition) is 6. The van der Waals surface area contributed by atoms with Gasteiger partial charge in [0, 0.05) is 24.7 Å². The van der Waals surface area contributed by atoms with Crippen LogP contribution in [-0.2, 0) is 9.71 Å². The summed E-state index contributed by atoms with van der Waals surface area (Å²) in [6.07, 6.45) is 0. The van der Waals surface area contributed by atoms with Crippen LogP contribution in [0.4, 0.5) is 23.0 Å². The van der Waals surface area contributed by atoms with Crippen molar-refractivity contribution >= 4 is 49.6 Å². The molecule has 0 aliphatic rings. The summed E-state index contributed by atoms with van der Waals surface area (Å²) in [5.74, 6) is 4.19. The number of rotatable bonds is 6. The Balaban J connectivity index is 1.82. The lowest BCUT2D eigenvalue weighted by Gasteiger charge is -2.22. The molecule has 0 bridgehead atoms. The maximum Gasteiger partial charge on any atom is 0.202 e. The van der Waals surface area contributed by atoms with Crippen molar-refractivity contribution in [3.63, 3.8) is 0 Å². The van der Waals surface area contributed by atoms with Gasteiger partial charge in [0.1, 0.15) is 0 Å². The maximum atomic E-state index is 13.5. The Kier molecular flexibility index (Phi) is 5.73. The highest BCUT2D eigenvalue weighted by molar-refractivity contribution is 8.01. The molecule has 0 fully saturated rings. The number of nitrogens with one attached hydrogen (secondary N) is 1. The van der Waals surface area contributed by atoms with E-state index >= 15 is 0 Å². The van der Waals surface area contributed by atoms with Crippen molar-refractivity contribution in [2.45, 2.75) is 11.8 Å². The first-order valence-corrected chi connectivity index (χ1v) is 11.7. The SMILES string of the molecule is C=S(=O)(Nc1nc2ccccc2nc1N(O)c1cccc(N(C)C)c1)c1ccc(C)cc1. The normalized spacial score (nSPS) is 12.9. The third-order valence-corrected chi connectivity index (χ3v) is 6.56. The number of para-hydroxylation sites is 2. The number of hydrogen-bond donors (Lipinski definition) is 2. The van der Waals surface area contributed by atoms with Gasteiger partial charge in [0.15, 0.2) is 5.82 Å². The van der Waals surface area contributed by atoms with Crippen LogP contribution in [0, 0.1) is 6.92 Å². The standard InChI is InChI=1S/C24H25N5O2S/c1-17-12-14-20(15-13-17)32(4,31)27-23-24(26-22-11-6-5-10-21(22)25-23)29(30)19-9-7-8-18(16-19)28(2)3/h5-16,30H,4H2,1-3H3,(H,25,27,31). The van der Waals surface area contributed by atoms with Gasteiger partial charge in [-0.05, 0) is 55.3 Å². The fourth-order valence-electron chi connectivity index (χ4n) is 3.21. The van der Waals surface area contributed by atoms with Gasteiger partial charge in [-0.15, -0.1) is 0 Å². The Labute approximate surface area is 188 Å². The van der Waals surface area contributed by atoms with Gasteiger partial charge in [0.2, 0.25) is 5.82 Å². The van der Waals surface area contributed by atoms with Gasteiger partial charge in [-0.3, -0.25) is 9.93 Å². The fourth-order valence-corrected chi connectivity index (χ4v) is 4.35. The fraction of sp³-hybridized carbons (Fsp3) is 0.125. The van der Waals surface area contributed by atoms with Crippen molar-refractivity contribution in [3.05, 3.63) is 78.4 Å². The molecule has 0 saturated heterocycles. The molecule has 1 aromatic heterocycles. The van der Waals surface area contributed by atoms with Crippen molar-refractivity contribution in [2.24, 2.45) is 0 Å². The Morgan fingerprint density at radius 3 is 2.19 bits per heavy atom. The minimum atomic E-state index is -2.96.